The first-order valence-corrected chi connectivity index (χ1v) is 5.69. The Morgan fingerprint density at radius 2 is 2.00 bits per heavy atom. The highest BCUT2D eigenvalue weighted by Crippen LogP contribution is 2.34. The molecular formula is C6H11O9P-2. The van der Waals surface area contributed by atoms with E-state index < -0.39 is 45.1 Å². The van der Waals surface area contributed by atoms with Crippen LogP contribution in [0.2, 0.25) is 0 Å². The maximum absolute atomic E-state index is 10.2. The normalized spacial score (nSPS) is 40.2. The van der Waals surface area contributed by atoms with E-state index in [2.05, 4.69) is 9.26 Å². The number of phosphoric acid groups is 1. The van der Waals surface area contributed by atoms with Crippen LogP contribution in [0.5, 0.6) is 0 Å². The second-order valence-electron chi connectivity index (χ2n) is 3.34. The fraction of sp³-hybridized carbons (Fsp3) is 1.00. The highest BCUT2D eigenvalue weighted by molar-refractivity contribution is 7.43. The van der Waals surface area contributed by atoms with Gasteiger partial charge in [-0.1, -0.05) is 0 Å². The Labute approximate surface area is 90.1 Å². The van der Waals surface area contributed by atoms with Gasteiger partial charge in [-0.25, -0.2) is 0 Å². The lowest BCUT2D eigenvalue weighted by atomic mass is 10.1. The Morgan fingerprint density at radius 3 is 2.38 bits per heavy atom. The number of hydrogen-bond acceptors (Lipinski definition) is 9. The van der Waals surface area contributed by atoms with Crippen molar-refractivity contribution in [3.63, 3.8) is 0 Å². The lowest BCUT2D eigenvalue weighted by Crippen LogP contribution is -2.47. The summed E-state index contributed by atoms with van der Waals surface area (Å²) < 4.78 is 18.5. The molecular weight excluding hydrogens is 247 g/mol. The van der Waals surface area contributed by atoms with Crippen molar-refractivity contribution in [2.24, 2.45) is 0 Å². The standard InChI is InChI=1S/C6H13O9P/c7-1-3-4(8)5(9)6(10,15-3)2-14-16(11,12)13/h3-5,7-10H,1-2H2,(H2,11,12,13)/p-2/t3-,4+,5+,6?/m1/s1. The first-order valence-electron chi connectivity index (χ1n) is 4.23. The Kier molecular flexibility index (Phi) is 4.06. The van der Waals surface area contributed by atoms with E-state index in [9.17, 15) is 29.7 Å². The fourth-order valence-electron chi connectivity index (χ4n) is 1.31. The Balaban J connectivity index is 2.67. The molecule has 0 aliphatic carbocycles. The van der Waals surface area contributed by atoms with Crippen LogP contribution in [-0.2, 0) is 13.8 Å². The minimum Gasteiger partial charge on any atom is -0.790 e. The van der Waals surface area contributed by atoms with Gasteiger partial charge in [-0.2, -0.15) is 0 Å². The van der Waals surface area contributed by atoms with E-state index in [0.29, 0.717) is 0 Å². The number of phosphoric ester groups is 1. The number of aliphatic hydroxyl groups is 4. The largest absolute Gasteiger partial charge is 0.790 e. The van der Waals surface area contributed by atoms with Crippen LogP contribution in [0.15, 0.2) is 0 Å². The molecule has 0 radical (unpaired) electrons. The summed E-state index contributed by atoms with van der Waals surface area (Å²) in [5.74, 6) is -2.54. The molecule has 1 saturated heterocycles. The summed E-state index contributed by atoms with van der Waals surface area (Å²) in [6, 6.07) is 0. The summed E-state index contributed by atoms with van der Waals surface area (Å²) in [7, 11) is -5.33. The molecule has 10 heteroatoms. The fourth-order valence-corrected chi connectivity index (χ4v) is 1.65. The van der Waals surface area contributed by atoms with Crippen LogP contribution in [-0.4, -0.2) is 57.7 Å². The number of hydrogen-bond donors (Lipinski definition) is 4. The van der Waals surface area contributed by atoms with Gasteiger partial charge in [-0.05, 0) is 0 Å². The predicted molar refractivity (Wildman–Crippen MR) is 42.5 cm³/mol. The van der Waals surface area contributed by atoms with E-state index in [1.807, 2.05) is 0 Å². The maximum Gasteiger partial charge on any atom is 0.219 e. The van der Waals surface area contributed by atoms with Crippen molar-refractivity contribution in [2.45, 2.75) is 24.1 Å². The van der Waals surface area contributed by atoms with E-state index >= 15 is 0 Å². The zero-order valence-corrected chi connectivity index (χ0v) is 8.82. The molecule has 0 aromatic heterocycles. The molecule has 4 atom stereocenters. The van der Waals surface area contributed by atoms with E-state index in [4.69, 9.17) is 5.11 Å². The van der Waals surface area contributed by atoms with Crippen LogP contribution >= 0.6 is 7.82 Å². The van der Waals surface area contributed by atoms with Gasteiger partial charge in [0, 0.05) is 0 Å². The predicted octanol–water partition coefficient (Wildman–Crippen LogP) is -4.37. The Hall–Kier alpha value is -0.0900. The van der Waals surface area contributed by atoms with Crippen molar-refractivity contribution >= 4 is 7.82 Å². The Morgan fingerprint density at radius 1 is 1.44 bits per heavy atom. The van der Waals surface area contributed by atoms with Crippen molar-refractivity contribution < 1.29 is 44.0 Å². The van der Waals surface area contributed by atoms with Gasteiger partial charge in [0.05, 0.1) is 14.4 Å². The molecule has 1 aliphatic rings. The summed E-state index contributed by atoms with van der Waals surface area (Å²) in [5, 5.41) is 36.8. The molecule has 1 fully saturated rings. The van der Waals surface area contributed by atoms with E-state index in [-0.39, 0.29) is 0 Å². The monoisotopic (exact) mass is 258 g/mol. The summed E-state index contributed by atoms with van der Waals surface area (Å²) in [6.45, 7) is -1.86. The quantitative estimate of drug-likeness (QED) is 0.365. The van der Waals surface area contributed by atoms with Crippen LogP contribution in [0.25, 0.3) is 0 Å². The number of rotatable bonds is 4. The van der Waals surface area contributed by atoms with Gasteiger partial charge < -0.3 is 44.0 Å². The molecule has 1 heterocycles. The summed E-state index contributed by atoms with van der Waals surface area (Å²) in [4.78, 5) is 20.3. The zero-order valence-electron chi connectivity index (χ0n) is 7.92. The smallest absolute Gasteiger partial charge is 0.219 e. The van der Waals surface area contributed by atoms with Crippen molar-refractivity contribution in [2.75, 3.05) is 13.2 Å². The van der Waals surface area contributed by atoms with Gasteiger partial charge in [0.1, 0.15) is 24.9 Å². The molecule has 0 aromatic carbocycles. The van der Waals surface area contributed by atoms with E-state index in [1.54, 1.807) is 0 Å². The third kappa shape index (κ3) is 2.98. The van der Waals surface area contributed by atoms with Crippen LogP contribution in [0.3, 0.4) is 0 Å². The molecule has 96 valence electrons. The SMILES string of the molecule is O=P([O-])([O-])OCC1(O)O[C@H](CO)[C@H](O)[C@@H]1O. The second kappa shape index (κ2) is 4.65. The number of ether oxygens (including phenoxy) is 1. The van der Waals surface area contributed by atoms with Gasteiger partial charge in [0.25, 0.3) is 0 Å². The van der Waals surface area contributed by atoms with E-state index in [0.717, 1.165) is 0 Å². The molecule has 0 aromatic rings. The zero-order chi connectivity index (χ0) is 12.6. The minimum atomic E-state index is -5.33. The summed E-state index contributed by atoms with van der Waals surface area (Å²) in [5.41, 5.74) is 0. The molecule has 0 spiro atoms. The first-order chi connectivity index (χ1) is 7.19. The van der Waals surface area contributed by atoms with Crippen LogP contribution in [0.1, 0.15) is 0 Å². The van der Waals surface area contributed by atoms with Gasteiger partial charge in [0.2, 0.25) is 5.79 Å². The molecule has 1 rings (SSSR count). The molecule has 0 saturated carbocycles. The lowest BCUT2D eigenvalue weighted by molar-refractivity contribution is -0.350. The maximum atomic E-state index is 10.2. The topological polar surface area (TPSA) is 163 Å². The molecule has 1 aliphatic heterocycles. The average Bonchev–Trinajstić information content (AvgIpc) is 2.40. The van der Waals surface area contributed by atoms with E-state index in [1.165, 1.54) is 0 Å². The molecule has 4 N–H and O–H groups in total. The Bertz CT molecular complexity index is 290. The van der Waals surface area contributed by atoms with Crippen LogP contribution in [0, 0.1) is 0 Å². The van der Waals surface area contributed by atoms with Crippen molar-refractivity contribution in [3.05, 3.63) is 0 Å². The average molecular weight is 258 g/mol. The van der Waals surface area contributed by atoms with Crippen LogP contribution < -0.4 is 9.79 Å². The summed E-state index contributed by atoms with van der Waals surface area (Å²) in [6.07, 6.45) is -4.80. The van der Waals surface area contributed by atoms with Crippen LogP contribution in [0.4, 0.5) is 0 Å². The molecule has 9 nitrogen and oxygen atoms in total. The summed E-state index contributed by atoms with van der Waals surface area (Å²) >= 11 is 0. The minimum absolute atomic E-state index is 0.701. The van der Waals surface area contributed by atoms with Gasteiger partial charge in [0.15, 0.2) is 0 Å². The lowest BCUT2D eigenvalue weighted by Gasteiger charge is -2.33. The number of aliphatic hydroxyl groups excluding tert-OH is 3. The van der Waals surface area contributed by atoms with Gasteiger partial charge >= 0.3 is 0 Å². The third-order valence-electron chi connectivity index (χ3n) is 2.13. The van der Waals surface area contributed by atoms with Gasteiger partial charge in [-0.15, -0.1) is 0 Å². The highest BCUT2D eigenvalue weighted by atomic mass is 31.2. The molecule has 1 unspecified atom stereocenters. The van der Waals surface area contributed by atoms with Crippen molar-refractivity contribution in [1.29, 1.82) is 0 Å². The third-order valence-corrected chi connectivity index (χ3v) is 2.58. The van der Waals surface area contributed by atoms with Gasteiger partial charge in [-0.3, -0.25) is 0 Å². The molecule has 0 amide bonds. The van der Waals surface area contributed by atoms with Crippen molar-refractivity contribution in [1.82, 2.24) is 0 Å². The van der Waals surface area contributed by atoms with Crippen molar-refractivity contribution in [3.8, 4) is 0 Å². The second-order valence-corrected chi connectivity index (χ2v) is 4.49. The first kappa shape index (κ1) is 14.0. The molecule has 0 bridgehead atoms. The highest BCUT2D eigenvalue weighted by Gasteiger charge is 2.53. The molecule has 16 heavy (non-hydrogen) atoms.